The first kappa shape index (κ1) is 33.7. The maximum atomic E-state index is 14.5. The van der Waals surface area contributed by atoms with Gasteiger partial charge < -0.3 is 15.0 Å². The van der Waals surface area contributed by atoms with Crippen LogP contribution >= 0.6 is 15.9 Å². The molecule has 236 valence electrons. The second-order valence-corrected chi connectivity index (χ2v) is 13.5. The van der Waals surface area contributed by atoms with Gasteiger partial charge in [-0.15, -0.1) is 0 Å². The number of amides is 2. The standard InChI is InChI=1S/C35H38BrN3O5S/c1-4-26(2)37-35(41)33(22-27-13-7-5-8-14-27)38(24-28-15-11-16-29(36)21-28)34(40)25-39(30-17-12-18-31(23-30)44-3)45(42,43)32-19-9-6-10-20-32/h5-21,23,26,33H,4,22,24-25H2,1-3H3,(H,37,41). The van der Waals surface area contributed by atoms with Gasteiger partial charge in [0.15, 0.2) is 0 Å². The zero-order valence-electron chi connectivity index (χ0n) is 25.6. The average molecular weight is 693 g/mol. The zero-order valence-corrected chi connectivity index (χ0v) is 28.0. The van der Waals surface area contributed by atoms with E-state index in [0.717, 1.165) is 19.9 Å². The third-order valence-corrected chi connectivity index (χ3v) is 9.75. The summed E-state index contributed by atoms with van der Waals surface area (Å²) in [5.74, 6) is -0.401. The summed E-state index contributed by atoms with van der Waals surface area (Å²) in [6, 6.07) is 30.5. The van der Waals surface area contributed by atoms with Gasteiger partial charge in [0.1, 0.15) is 18.3 Å². The molecule has 0 saturated heterocycles. The number of nitrogens with zero attached hydrogens (tertiary/aromatic N) is 2. The van der Waals surface area contributed by atoms with Crippen LogP contribution in [-0.4, -0.2) is 50.9 Å². The number of ether oxygens (including phenoxy) is 1. The van der Waals surface area contributed by atoms with Gasteiger partial charge in [0.25, 0.3) is 10.0 Å². The fourth-order valence-electron chi connectivity index (χ4n) is 4.84. The molecule has 0 heterocycles. The highest BCUT2D eigenvalue weighted by molar-refractivity contribution is 9.10. The van der Waals surface area contributed by atoms with Gasteiger partial charge in [-0.05, 0) is 60.9 Å². The van der Waals surface area contributed by atoms with Crippen molar-refractivity contribution in [3.8, 4) is 5.75 Å². The number of halogens is 1. The molecule has 0 aliphatic carbocycles. The molecule has 0 fully saturated rings. The number of sulfonamides is 1. The normalized spacial score (nSPS) is 12.5. The monoisotopic (exact) mass is 691 g/mol. The summed E-state index contributed by atoms with van der Waals surface area (Å²) in [6.07, 6.45) is 0.954. The molecular weight excluding hydrogens is 654 g/mol. The molecule has 8 nitrogen and oxygen atoms in total. The summed E-state index contributed by atoms with van der Waals surface area (Å²) in [6.45, 7) is 3.43. The van der Waals surface area contributed by atoms with Crippen LogP contribution in [0.25, 0.3) is 0 Å². The lowest BCUT2D eigenvalue weighted by atomic mass is 10.0. The molecule has 4 aromatic carbocycles. The van der Waals surface area contributed by atoms with Crippen LogP contribution in [0.5, 0.6) is 5.75 Å². The van der Waals surface area contributed by atoms with Crippen LogP contribution in [0.15, 0.2) is 119 Å². The van der Waals surface area contributed by atoms with Gasteiger partial charge in [0.05, 0.1) is 17.7 Å². The van der Waals surface area contributed by atoms with Crippen LogP contribution in [-0.2, 0) is 32.6 Å². The second kappa shape index (κ2) is 15.7. The first-order valence-electron chi connectivity index (χ1n) is 14.7. The van der Waals surface area contributed by atoms with Crippen molar-refractivity contribution in [3.63, 3.8) is 0 Å². The number of methoxy groups -OCH3 is 1. The summed E-state index contributed by atoms with van der Waals surface area (Å²) in [7, 11) is -2.70. The van der Waals surface area contributed by atoms with Crippen molar-refractivity contribution in [2.24, 2.45) is 0 Å². The molecule has 0 saturated carbocycles. The van der Waals surface area contributed by atoms with Gasteiger partial charge in [-0.3, -0.25) is 13.9 Å². The lowest BCUT2D eigenvalue weighted by molar-refractivity contribution is -0.140. The summed E-state index contributed by atoms with van der Waals surface area (Å²) in [5, 5.41) is 3.05. The number of benzene rings is 4. The van der Waals surface area contributed by atoms with E-state index in [1.165, 1.54) is 24.1 Å². The molecule has 2 atom stereocenters. The minimum absolute atomic E-state index is 0.0366. The van der Waals surface area contributed by atoms with Crippen LogP contribution in [0.2, 0.25) is 0 Å². The van der Waals surface area contributed by atoms with E-state index < -0.39 is 28.5 Å². The Hall–Kier alpha value is -4.15. The first-order valence-corrected chi connectivity index (χ1v) is 17.0. The fraction of sp³-hybridized carbons (Fsp3) is 0.257. The van der Waals surface area contributed by atoms with Crippen molar-refractivity contribution in [1.82, 2.24) is 10.2 Å². The van der Waals surface area contributed by atoms with E-state index >= 15 is 0 Å². The molecule has 0 spiro atoms. The fourth-order valence-corrected chi connectivity index (χ4v) is 6.71. The number of anilines is 1. The average Bonchev–Trinajstić information content (AvgIpc) is 3.05. The van der Waals surface area contributed by atoms with Gasteiger partial charge >= 0.3 is 0 Å². The molecule has 10 heteroatoms. The molecule has 45 heavy (non-hydrogen) atoms. The Morgan fingerprint density at radius 2 is 1.51 bits per heavy atom. The molecule has 0 radical (unpaired) electrons. The Kier molecular flexibility index (Phi) is 11.8. The summed E-state index contributed by atoms with van der Waals surface area (Å²) < 4.78 is 35.5. The van der Waals surface area contributed by atoms with Crippen LogP contribution < -0.4 is 14.4 Å². The quantitative estimate of drug-likeness (QED) is 0.170. The van der Waals surface area contributed by atoms with E-state index in [9.17, 15) is 18.0 Å². The lowest BCUT2D eigenvalue weighted by Gasteiger charge is -2.34. The van der Waals surface area contributed by atoms with Crippen molar-refractivity contribution >= 4 is 43.5 Å². The molecule has 0 aliphatic heterocycles. The summed E-state index contributed by atoms with van der Waals surface area (Å²) in [5.41, 5.74) is 1.92. The number of hydrogen-bond donors (Lipinski definition) is 1. The van der Waals surface area contributed by atoms with Gasteiger partial charge in [-0.25, -0.2) is 8.42 Å². The van der Waals surface area contributed by atoms with E-state index in [1.807, 2.05) is 68.4 Å². The third-order valence-electron chi connectivity index (χ3n) is 7.47. The summed E-state index contributed by atoms with van der Waals surface area (Å²) >= 11 is 3.51. The second-order valence-electron chi connectivity index (χ2n) is 10.7. The minimum atomic E-state index is -4.19. The van der Waals surface area contributed by atoms with Crippen LogP contribution in [0.3, 0.4) is 0 Å². The number of nitrogens with one attached hydrogen (secondary N) is 1. The zero-order chi connectivity index (χ0) is 32.4. The topological polar surface area (TPSA) is 96.0 Å². The Bertz CT molecular complexity index is 1690. The molecule has 0 aromatic heterocycles. The number of carbonyl (C=O) groups is 2. The molecule has 1 N–H and O–H groups in total. The van der Waals surface area contributed by atoms with E-state index in [-0.39, 0.29) is 35.5 Å². The van der Waals surface area contributed by atoms with Gasteiger partial charge in [-0.2, -0.15) is 0 Å². The van der Waals surface area contributed by atoms with Crippen LogP contribution in [0, 0.1) is 0 Å². The minimum Gasteiger partial charge on any atom is -0.497 e. The summed E-state index contributed by atoms with van der Waals surface area (Å²) in [4.78, 5) is 30.0. The first-order chi connectivity index (χ1) is 21.6. The molecule has 2 unspecified atom stereocenters. The van der Waals surface area contributed by atoms with E-state index in [1.54, 1.807) is 42.5 Å². The number of hydrogen-bond acceptors (Lipinski definition) is 5. The van der Waals surface area contributed by atoms with Crippen LogP contribution in [0.1, 0.15) is 31.4 Å². The van der Waals surface area contributed by atoms with Gasteiger partial charge in [0.2, 0.25) is 11.8 Å². The van der Waals surface area contributed by atoms with Crippen molar-refractivity contribution in [2.45, 2.75) is 50.2 Å². The highest BCUT2D eigenvalue weighted by Crippen LogP contribution is 2.28. The Morgan fingerprint density at radius 1 is 0.867 bits per heavy atom. The van der Waals surface area contributed by atoms with Crippen molar-refractivity contribution in [2.75, 3.05) is 18.0 Å². The van der Waals surface area contributed by atoms with Gasteiger partial charge in [0, 0.05) is 29.5 Å². The Balaban J connectivity index is 1.81. The maximum Gasteiger partial charge on any atom is 0.264 e. The predicted octanol–water partition coefficient (Wildman–Crippen LogP) is 6.21. The predicted molar refractivity (Wildman–Crippen MR) is 180 cm³/mol. The third kappa shape index (κ3) is 8.95. The molecule has 0 aliphatic rings. The van der Waals surface area contributed by atoms with E-state index in [2.05, 4.69) is 21.2 Å². The van der Waals surface area contributed by atoms with Gasteiger partial charge in [-0.1, -0.05) is 89.6 Å². The Morgan fingerprint density at radius 3 is 2.16 bits per heavy atom. The van der Waals surface area contributed by atoms with Crippen molar-refractivity contribution in [1.29, 1.82) is 0 Å². The number of rotatable bonds is 14. The SMILES string of the molecule is CCC(C)NC(=O)C(Cc1ccccc1)N(Cc1cccc(Br)c1)C(=O)CN(c1cccc(OC)c1)S(=O)(=O)c1ccccc1. The van der Waals surface area contributed by atoms with E-state index in [4.69, 9.17) is 4.74 Å². The molecule has 0 bridgehead atoms. The molecule has 4 rings (SSSR count). The number of carbonyl (C=O) groups excluding carboxylic acids is 2. The van der Waals surface area contributed by atoms with Crippen LogP contribution in [0.4, 0.5) is 5.69 Å². The highest BCUT2D eigenvalue weighted by Gasteiger charge is 2.35. The molecular formula is C35H38BrN3O5S. The smallest absolute Gasteiger partial charge is 0.264 e. The Labute approximate surface area is 274 Å². The largest absolute Gasteiger partial charge is 0.497 e. The van der Waals surface area contributed by atoms with Crippen molar-refractivity contribution in [3.05, 3.63) is 125 Å². The van der Waals surface area contributed by atoms with E-state index in [0.29, 0.717) is 12.2 Å². The highest BCUT2D eigenvalue weighted by atomic mass is 79.9. The maximum absolute atomic E-state index is 14.5. The lowest BCUT2D eigenvalue weighted by Crippen LogP contribution is -2.54. The molecule has 2 amide bonds. The molecule has 4 aromatic rings. The van der Waals surface area contributed by atoms with Crippen molar-refractivity contribution < 1.29 is 22.7 Å².